The van der Waals surface area contributed by atoms with E-state index in [1.807, 2.05) is 23.1 Å². The standard InChI is InChI=1S/C28H34N4O3/c33-27(30-35)14-13-22-9-11-23(12-10-22)21-31(16-5-8-28(34)32-17-3-4-18-32)19-15-24-20-29-26-7-2-1-6-25(24)26/h1-2,6-7,9-14,20,29,35H,3-5,8,15-19,21H2,(H,30,33)/b14-13+. The first-order valence-electron chi connectivity index (χ1n) is 12.4. The number of nitrogens with zero attached hydrogens (tertiary/aromatic N) is 2. The van der Waals surface area contributed by atoms with Gasteiger partial charge in [0.1, 0.15) is 0 Å². The van der Waals surface area contributed by atoms with Crippen LogP contribution in [0.2, 0.25) is 0 Å². The maximum absolute atomic E-state index is 12.5. The average Bonchev–Trinajstić information content (AvgIpc) is 3.57. The number of carbonyl (C=O) groups is 2. The first-order chi connectivity index (χ1) is 17.1. The Balaban J connectivity index is 1.38. The van der Waals surface area contributed by atoms with E-state index in [0.29, 0.717) is 6.42 Å². The zero-order valence-corrected chi connectivity index (χ0v) is 20.1. The number of nitrogens with one attached hydrogen (secondary N) is 2. The van der Waals surface area contributed by atoms with Gasteiger partial charge in [-0.3, -0.25) is 19.7 Å². The Hall–Kier alpha value is -3.42. The molecule has 0 bridgehead atoms. The molecular formula is C28H34N4O3. The fourth-order valence-electron chi connectivity index (χ4n) is 4.67. The predicted octanol–water partition coefficient (Wildman–Crippen LogP) is 4.13. The Morgan fingerprint density at radius 1 is 1.06 bits per heavy atom. The Kier molecular flexibility index (Phi) is 8.70. The number of fused-ring (bicyclic) bond motifs is 1. The first-order valence-corrected chi connectivity index (χ1v) is 12.4. The van der Waals surface area contributed by atoms with Crippen LogP contribution in [0.25, 0.3) is 17.0 Å². The Morgan fingerprint density at radius 2 is 1.83 bits per heavy atom. The Bertz CT molecular complexity index is 1150. The van der Waals surface area contributed by atoms with Gasteiger partial charge in [0.05, 0.1) is 0 Å². The predicted molar refractivity (Wildman–Crippen MR) is 138 cm³/mol. The lowest BCUT2D eigenvalue weighted by Gasteiger charge is -2.23. The van der Waals surface area contributed by atoms with Crippen LogP contribution in [0.3, 0.4) is 0 Å². The highest BCUT2D eigenvalue weighted by molar-refractivity contribution is 5.90. The number of amides is 2. The molecule has 1 fully saturated rings. The van der Waals surface area contributed by atoms with E-state index < -0.39 is 5.91 Å². The molecule has 0 saturated carbocycles. The van der Waals surface area contributed by atoms with Crippen LogP contribution in [0.4, 0.5) is 0 Å². The number of benzene rings is 2. The van der Waals surface area contributed by atoms with E-state index in [2.05, 4.69) is 46.4 Å². The molecule has 2 amide bonds. The molecule has 35 heavy (non-hydrogen) atoms. The summed E-state index contributed by atoms with van der Waals surface area (Å²) >= 11 is 0. The van der Waals surface area contributed by atoms with Gasteiger partial charge in [-0.15, -0.1) is 0 Å². The minimum atomic E-state index is -0.555. The van der Waals surface area contributed by atoms with Gasteiger partial charge in [0.25, 0.3) is 5.91 Å². The summed E-state index contributed by atoms with van der Waals surface area (Å²) < 4.78 is 0. The van der Waals surface area contributed by atoms with Crippen molar-refractivity contribution in [1.29, 1.82) is 0 Å². The van der Waals surface area contributed by atoms with E-state index in [-0.39, 0.29) is 5.91 Å². The fraction of sp³-hybridized carbons (Fsp3) is 0.357. The van der Waals surface area contributed by atoms with Crippen molar-refractivity contribution < 1.29 is 14.8 Å². The van der Waals surface area contributed by atoms with Gasteiger partial charge in [-0.1, -0.05) is 42.5 Å². The van der Waals surface area contributed by atoms with Crippen molar-refractivity contribution in [3.63, 3.8) is 0 Å². The molecule has 0 spiro atoms. The molecular weight excluding hydrogens is 440 g/mol. The SMILES string of the molecule is O=C(/C=C/c1ccc(CN(CCCC(=O)N2CCCC2)CCc2c[nH]c3ccccc23)cc1)NO. The summed E-state index contributed by atoms with van der Waals surface area (Å²) in [6.45, 7) is 4.37. The Labute approximate surface area is 206 Å². The zero-order valence-electron chi connectivity index (χ0n) is 20.1. The largest absolute Gasteiger partial charge is 0.361 e. The summed E-state index contributed by atoms with van der Waals surface area (Å²) in [4.78, 5) is 31.5. The molecule has 2 heterocycles. The third-order valence-electron chi connectivity index (χ3n) is 6.62. The lowest BCUT2D eigenvalue weighted by molar-refractivity contribution is -0.130. The van der Waals surface area contributed by atoms with Crippen LogP contribution in [0, 0.1) is 0 Å². The monoisotopic (exact) mass is 474 g/mol. The molecule has 0 atom stereocenters. The van der Waals surface area contributed by atoms with E-state index in [1.165, 1.54) is 22.6 Å². The van der Waals surface area contributed by atoms with Crippen LogP contribution in [0.15, 0.2) is 60.8 Å². The van der Waals surface area contributed by atoms with Crippen molar-refractivity contribution in [2.45, 2.75) is 38.6 Å². The summed E-state index contributed by atoms with van der Waals surface area (Å²) in [5, 5.41) is 9.88. The van der Waals surface area contributed by atoms with Gasteiger partial charge in [0, 0.05) is 55.8 Å². The highest BCUT2D eigenvalue weighted by Gasteiger charge is 2.18. The van der Waals surface area contributed by atoms with Crippen LogP contribution in [-0.2, 0) is 22.6 Å². The quantitative estimate of drug-likeness (QED) is 0.221. The van der Waals surface area contributed by atoms with Crippen LogP contribution in [0.5, 0.6) is 0 Å². The molecule has 1 aromatic heterocycles. The minimum Gasteiger partial charge on any atom is -0.361 e. The van der Waals surface area contributed by atoms with Gasteiger partial charge in [-0.2, -0.15) is 0 Å². The van der Waals surface area contributed by atoms with Gasteiger partial charge in [-0.25, -0.2) is 5.48 Å². The number of likely N-dealkylation sites (tertiary alicyclic amines) is 1. The molecule has 184 valence electrons. The summed E-state index contributed by atoms with van der Waals surface area (Å²) in [6, 6.07) is 16.4. The maximum Gasteiger partial charge on any atom is 0.267 e. The van der Waals surface area contributed by atoms with Crippen LogP contribution in [0.1, 0.15) is 42.4 Å². The number of aromatic nitrogens is 1. The average molecular weight is 475 g/mol. The third kappa shape index (κ3) is 7.04. The molecule has 1 saturated heterocycles. The van der Waals surface area contributed by atoms with Crippen LogP contribution >= 0.6 is 0 Å². The van der Waals surface area contributed by atoms with E-state index in [0.717, 1.165) is 69.5 Å². The molecule has 7 nitrogen and oxygen atoms in total. The fourth-order valence-corrected chi connectivity index (χ4v) is 4.67. The number of hydrogen-bond acceptors (Lipinski definition) is 4. The van der Waals surface area contributed by atoms with Crippen molar-refractivity contribution in [3.05, 3.63) is 77.5 Å². The van der Waals surface area contributed by atoms with Crippen molar-refractivity contribution >= 4 is 28.8 Å². The number of H-pyrrole nitrogens is 1. The summed E-state index contributed by atoms with van der Waals surface area (Å²) in [5.41, 5.74) is 6.12. The molecule has 0 unspecified atom stereocenters. The van der Waals surface area contributed by atoms with E-state index in [4.69, 9.17) is 5.21 Å². The number of aromatic amines is 1. The Morgan fingerprint density at radius 3 is 2.60 bits per heavy atom. The molecule has 3 N–H and O–H groups in total. The molecule has 0 aliphatic carbocycles. The number of para-hydroxylation sites is 1. The highest BCUT2D eigenvalue weighted by atomic mass is 16.5. The number of carbonyl (C=O) groups excluding carboxylic acids is 2. The topological polar surface area (TPSA) is 88.7 Å². The zero-order chi connectivity index (χ0) is 24.5. The molecule has 7 heteroatoms. The van der Waals surface area contributed by atoms with Crippen molar-refractivity contribution in [2.24, 2.45) is 0 Å². The van der Waals surface area contributed by atoms with Gasteiger partial charge < -0.3 is 9.88 Å². The van der Waals surface area contributed by atoms with Gasteiger partial charge >= 0.3 is 0 Å². The highest BCUT2D eigenvalue weighted by Crippen LogP contribution is 2.19. The molecule has 4 rings (SSSR count). The summed E-state index contributed by atoms with van der Waals surface area (Å²) in [6.07, 6.45) is 9.68. The minimum absolute atomic E-state index is 0.280. The van der Waals surface area contributed by atoms with Crippen molar-refractivity contribution in [1.82, 2.24) is 20.3 Å². The normalized spacial score (nSPS) is 13.8. The lowest BCUT2D eigenvalue weighted by Crippen LogP contribution is -2.30. The molecule has 1 aliphatic heterocycles. The van der Waals surface area contributed by atoms with Crippen molar-refractivity contribution in [2.75, 3.05) is 26.2 Å². The van der Waals surface area contributed by atoms with Gasteiger partial charge in [0.2, 0.25) is 5.91 Å². The van der Waals surface area contributed by atoms with Crippen molar-refractivity contribution in [3.8, 4) is 0 Å². The van der Waals surface area contributed by atoms with Gasteiger partial charge in [0.15, 0.2) is 0 Å². The van der Waals surface area contributed by atoms with Gasteiger partial charge in [-0.05, 0) is 61.1 Å². The van der Waals surface area contributed by atoms with E-state index >= 15 is 0 Å². The van der Waals surface area contributed by atoms with E-state index in [9.17, 15) is 9.59 Å². The lowest BCUT2D eigenvalue weighted by atomic mass is 10.1. The summed E-state index contributed by atoms with van der Waals surface area (Å²) in [5.74, 6) is -0.275. The number of hydrogen-bond donors (Lipinski definition) is 3. The third-order valence-corrected chi connectivity index (χ3v) is 6.62. The van der Waals surface area contributed by atoms with Crippen LogP contribution < -0.4 is 5.48 Å². The van der Waals surface area contributed by atoms with E-state index in [1.54, 1.807) is 11.6 Å². The summed E-state index contributed by atoms with van der Waals surface area (Å²) in [7, 11) is 0. The smallest absolute Gasteiger partial charge is 0.267 e. The molecule has 2 aromatic carbocycles. The molecule has 3 aromatic rings. The second kappa shape index (κ2) is 12.3. The second-order valence-corrected chi connectivity index (χ2v) is 9.13. The maximum atomic E-state index is 12.5. The second-order valence-electron chi connectivity index (χ2n) is 9.13. The first kappa shape index (κ1) is 24.7. The molecule has 0 radical (unpaired) electrons. The number of hydroxylamine groups is 1. The van der Waals surface area contributed by atoms with Crippen LogP contribution in [-0.4, -0.2) is 58.0 Å². The molecule has 1 aliphatic rings. The number of rotatable bonds is 11.